The van der Waals surface area contributed by atoms with Crippen molar-refractivity contribution >= 4 is 17.3 Å². The summed E-state index contributed by atoms with van der Waals surface area (Å²) in [6.07, 6.45) is -4.07. The number of alkyl halides is 3. The van der Waals surface area contributed by atoms with Crippen LogP contribution in [0, 0.1) is 17.0 Å². The molecule has 1 aliphatic heterocycles. The summed E-state index contributed by atoms with van der Waals surface area (Å²) in [7, 11) is 0. The van der Waals surface area contributed by atoms with Crippen molar-refractivity contribution < 1.29 is 37.1 Å². The van der Waals surface area contributed by atoms with Gasteiger partial charge in [-0.1, -0.05) is 24.3 Å². The highest BCUT2D eigenvalue weighted by molar-refractivity contribution is 5.77. The summed E-state index contributed by atoms with van der Waals surface area (Å²) in [5.74, 6) is -0.380. The molecule has 5 rings (SSSR count). The highest BCUT2D eigenvalue weighted by Crippen LogP contribution is 2.42. The molecule has 0 saturated heterocycles. The number of aromatic nitrogens is 1. The van der Waals surface area contributed by atoms with Crippen LogP contribution in [-0.2, 0) is 30.4 Å². The number of carboxylic acids is 1. The van der Waals surface area contributed by atoms with Crippen LogP contribution >= 0.6 is 0 Å². The van der Waals surface area contributed by atoms with Crippen LogP contribution in [-0.4, -0.2) is 34.1 Å². The fourth-order valence-corrected chi connectivity index (χ4v) is 5.30. The Morgan fingerprint density at radius 2 is 1.91 bits per heavy atom. The van der Waals surface area contributed by atoms with E-state index < -0.39 is 34.2 Å². The number of fused-ring (bicyclic) bond motifs is 1. The maximum Gasteiger partial charge on any atom is 0.418 e. The maximum absolute atomic E-state index is 13.9. The van der Waals surface area contributed by atoms with E-state index in [0.717, 1.165) is 23.4 Å². The number of carboxylic acid groups (broad SMARTS) is 1. The topological polar surface area (TPSA) is 119 Å². The number of rotatable bonds is 9. The summed E-state index contributed by atoms with van der Waals surface area (Å²) in [5, 5.41) is 21.1. The average molecular weight is 596 g/mol. The molecule has 0 spiro atoms. The molecule has 1 unspecified atom stereocenters. The Bertz CT molecular complexity index is 1670. The van der Waals surface area contributed by atoms with Gasteiger partial charge in [0.2, 0.25) is 5.89 Å². The number of nitro benzene ring substituents is 1. The van der Waals surface area contributed by atoms with Gasteiger partial charge in [0.25, 0.3) is 5.69 Å². The van der Waals surface area contributed by atoms with Gasteiger partial charge in [-0.2, -0.15) is 13.2 Å². The first kappa shape index (κ1) is 29.6. The van der Waals surface area contributed by atoms with E-state index in [9.17, 15) is 33.2 Å². The van der Waals surface area contributed by atoms with Gasteiger partial charge in [0.05, 0.1) is 34.4 Å². The molecule has 1 N–H and O–H groups in total. The van der Waals surface area contributed by atoms with E-state index in [2.05, 4.69) is 4.98 Å². The monoisotopic (exact) mass is 595 g/mol. The zero-order valence-corrected chi connectivity index (χ0v) is 23.4. The second kappa shape index (κ2) is 11.8. The fraction of sp³-hybridized carbons (Fsp3) is 0.290. The first-order valence-electron chi connectivity index (χ1n) is 13.6. The van der Waals surface area contributed by atoms with E-state index in [-0.39, 0.29) is 31.8 Å². The molecule has 0 saturated carbocycles. The Morgan fingerprint density at radius 3 is 2.58 bits per heavy atom. The van der Waals surface area contributed by atoms with Gasteiger partial charge in [0, 0.05) is 42.8 Å². The lowest BCUT2D eigenvalue weighted by molar-refractivity contribution is -0.384. The van der Waals surface area contributed by atoms with E-state index in [1.807, 2.05) is 37.3 Å². The summed E-state index contributed by atoms with van der Waals surface area (Å²) in [6.45, 7) is 3.59. The molecule has 1 aliphatic rings. The SMILES string of the molecule is Cc1oc(-c2ccccc2)nc1CCOc1ccc(C(C)C(=O)O)c2c1CCN(c1cc([N+](=O)[O-])ccc1C(F)(F)F)C2. The van der Waals surface area contributed by atoms with Crippen molar-refractivity contribution in [2.24, 2.45) is 0 Å². The highest BCUT2D eigenvalue weighted by Gasteiger charge is 2.37. The highest BCUT2D eigenvalue weighted by atomic mass is 19.4. The molecule has 0 fully saturated rings. The lowest BCUT2D eigenvalue weighted by atomic mass is 9.87. The molecule has 43 heavy (non-hydrogen) atoms. The summed E-state index contributed by atoms with van der Waals surface area (Å²) in [5.41, 5.74) is 1.44. The maximum atomic E-state index is 13.9. The van der Waals surface area contributed by atoms with Crippen molar-refractivity contribution in [2.45, 2.75) is 45.3 Å². The molecule has 2 heterocycles. The Morgan fingerprint density at radius 1 is 1.16 bits per heavy atom. The first-order chi connectivity index (χ1) is 20.4. The van der Waals surface area contributed by atoms with Gasteiger partial charge >= 0.3 is 12.1 Å². The van der Waals surface area contributed by atoms with Crippen LogP contribution in [0.2, 0.25) is 0 Å². The Hall–Kier alpha value is -4.87. The minimum absolute atomic E-state index is 0.0768. The zero-order chi connectivity index (χ0) is 30.9. The van der Waals surface area contributed by atoms with Crippen LogP contribution in [0.5, 0.6) is 5.75 Å². The number of aryl methyl sites for hydroxylation is 1. The van der Waals surface area contributed by atoms with E-state index >= 15 is 0 Å². The molecule has 224 valence electrons. The summed E-state index contributed by atoms with van der Waals surface area (Å²) < 4.78 is 53.7. The predicted octanol–water partition coefficient (Wildman–Crippen LogP) is 6.95. The van der Waals surface area contributed by atoms with Crippen molar-refractivity contribution in [3.63, 3.8) is 0 Å². The molecule has 0 aliphatic carbocycles. The Labute approximate surface area is 244 Å². The lowest BCUT2D eigenvalue weighted by Crippen LogP contribution is -2.33. The molecule has 0 amide bonds. The van der Waals surface area contributed by atoms with Gasteiger partial charge in [0.1, 0.15) is 11.5 Å². The molecular weight excluding hydrogens is 567 g/mol. The van der Waals surface area contributed by atoms with E-state index in [1.54, 1.807) is 12.1 Å². The molecule has 4 aromatic rings. The second-order valence-electron chi connectivity index (χ2n) is 10.3. The van der Waals surface area contributed by atoms with Crippen LogP contribution in [0.25, 0.3) is 11.5 Å². The van der Waals surface area contributed by atoms with Crippen LogP contribution in [0.4, 0.5) is 24.5 Å². The van der Waals surface area contributed by atoms with Crippen LogP contribution in [0.15, 0.2) is 65.1 Å². The number of hydrogen-bond donors (Lipinski definition) is 1. The van der Waals surface area contributed by atoms with Crippen LogP contribution in [0.3, 0.4) is 0 Å². The third-order valence-corrected chi connectivity index (χ3v) is 7.59. The fourth-order valence-electron chi connectivity index (χ4n) is 5.30. The van der Waals surface area contributed by atoms with Crippen molar-refractivity contribution in [1.82, 2.24) is 4.98 Å². The van der Waals surface area contributed by atoms with E-state index in [1.165, 1.54) is 11.8 Å². The number of nitrogens with zero attached hydrogens (tertiary/aromatic N) is 3. The Kier molecular flexibility index (Phi) is 8.12. The van der Waals surface area contributed by atoms with Gasteiger partial charge in [-0.15, -0.1) is 0 Å². The number of ether oxygens (including phenoxy) is 1. The number of non-ortho nitro benzene ring substituents is 1. The zero-order valence-electron chi connectivity index (χ0n) is 23.4. The van der Waals surface area contributed by atoms with Gasteiger partial charge in [-0.05, 0) is 55.7 Å². The molecule has 1 atom stereocenters. The van der Waals surface area contributed by atoms with Crippen molar-refractivity contribution in [3.05, 3.63) is 104 Å². The molecule has 0 bridgehead atoms. The normalized spacial score (nSPS) is 13.8. The average Bonchev–Trinajstić information content (AvgIpc) is 3.36. The number of aliphatic carboxylic acids is 1. The van der Waals surface area contributed by atoms with Crippen molar-refractivity contribution in [3.8, 4) is 17.2 Å². The summed E-state index contributed by atoms with van der Waals surface area (Å²) in [6, 6.07) is 15.2. The largest absolute Gasteiger partial charge is 0.493 e. The quantitative estimate of drug-likeness (QED) is 0.163. The van der Waals surface area contributed by atoms with Crippen LogP contribution in [0.1, 0.15) is 46.5 Å². The standard InChI is InChI=1S/C31H28F3N3O6/c1-18(30(38)39)22-9-11-28(42-15-13-26-19(2)43-29(35-26)20-6-4-3-5-7-20)23-12-14-36(17-24(22)23)27-16-21(37(40)41)8-10-25(27)31(32,33)34/h3-11,16,18H,12-15,17H2,1-2H3,(H,38,39). The predicted molar refractivity (Wildman–Crippen MR) is 151 cm³/mol. The molecular formula is C31H28F3N3O6. The van der Waals surface area contributed by atoms with Crippen LogP contribution < -0.4 is 9.64 Å². The van der Waals surface area contributed by atoms with Gasteiger partial charge < -0.3 is 19.2 Å². The molecule has 3 aromatic carbocycles. The molecule has 12 heteroatoms. The smallest absolute Gasteiger partial charge is 0.418 e. The third kappa shape index (κ3) is 6.18. The van der Waals surface area contributed by atoms with E-state index in [4.69, 9.17) is 9.15 Å². The number of anilines is 1. The summed E-state index contributed by atoms with van der Waals surface area (Å²) in [4.78, 5) is 28.5. The van der Waals surface area contributed by atoms with Gasteiger partial charge in [-0.25, -0.2) is 4.98 Å². The van der Waals surface area contributed by atoms with Gasteiger partial charge in [-0.3, -0.25) is 14.9 Å². The first-order valence-corrected chi connectivity index (χ1v) is 13.6. The summed E-state index contributed by atoms with van der Waals surface area (Å²) >= 11 is 0. The van der Waals surface area contributed by atoms with Gasteiger partial charge in [0.15, 0.2) is 0 Å². The minimum Gasteiger partial charge on any atom is -0.493 e. The third-order valence-electron chi connectivity index (χ3n) is 7.59. The number of nitro groups is 1. The second-order valence-corrected chi connectivity index (χ2v) is 10.3. The number of hydrogen-bond acceptors (Lipinski definition) is 7. The molecule has 1 aromatic heterocycles. The molecule has 9 nitrogen and oxygen atoms in total. The lowest BCUT2D eigenvalue weighted by Gasteiger charge is -2.35. The van der Waals surface area contributed by atoms with E-state index in [0.29, 0.717) is 46.6 Å². The molecule has 0 radical (unpaired) electrons. The van der Waals surface area contributed by atoms with Crippen molar-refractivity contribution in [1.29, 1.82) is 0 Å². The van der Waals surface area contributed by atoms with Crippen molar-refractivity contribution in [2.75, 3.05) is 18.1 Å². The number of oxazole rings is 1. The number of halogens is 3. The Balaban J connectivity index is 1.43. The minimum atomic E-state index is -4.74. The number of benzene rings is 3. The number of carbonyl (C=O) groups is 1.